The summed E-state index contributed by atoms with van der Waals surface area (Å²) in [5.74, 6) is 0. The molecule has 2 nitrogen and oxygen atoms in total. The Morgan fingerprint density at radius 3 is 2.67 bits per heavy atom. The first kappa shape index (κ1) is 7.44. The standard InChI is InChI=1S/C4H5ClO2S2/c5-3-1-2-4(8-3)9(6)7/h1,4,9H,2H2. The van der Waals surface area contributed by atoms with Crippen molar-refractivity contribution in [3.05, 3.63) is 10.4 Å². The molecule has 0 N–H and O–H groups in total. The lowest BCUT2D eigenvalue weighted by atomic mass is 10.5. The predicted molar refractivity (Wildman–Crippen MR) is 40.2 cm³/mol. The van der Waals surface area contributed by atoms with Crippen LogP contribution in [-0.4, -0.2) is 13.0 Å². The number of halogens is 1. The lowest BCUT2D eigenvalue weighted by molar-refractivity contribution is 0.612. The SMILES string of the molecule is O=[SH](=O)C1CC=C(Cl)S1. The number of allylic oxidation sites excluding steroid dienone is 1. The molecule has 0 spiro atoms. The zero-order chi connectivity index (χ0) is 6.85. The summed E-state index contributed by atoms with van der Waals surface area (Å²) in [5, 5.41) is 0. The maximum Gasteiger partial charge on any atom is 0.153 e. The Morgan fingerprint density at radius 2 is 2.44 bits per heavy atom. The second-order valence-electron chi connectivity index (χ2n) is 1.60. The number of rotatable bonds is 1. The normalized spacial score (nSPS) is 26.9. The molecule has 0 aromatic heterocycles. The van der Waals surface area contributed by atoms with E-state index in [1.165, 1.54) is 11.8 Å². The highest BCUT2D eigenvalue weighted by molar-refractivity contribution is 8.12. The summed E-state index contributed by atoms with van der Waals surface area (Å²) in [6.45, 7) is 0. The van der Waals surface area contributed by atoms with E-state index < -0.39 is 10.7 Å². The molecule has 1 atom stereocenters. The van der Waals surface area contributed by atoms with Crippen LogP contribution in [0.3, 0.4) is 0 Å². The zero-order valence-corrected chi connectivity index (χ0v) is 6.88. The van der Waals surface area contributed by atoms with Crippen LogP contribution in [0, 0.1) is 0 Å². The van der Waals surface area contributed by atoms with Crippen LogP contribution in [-0.2, 0) is 10.7 Å². The Kier molecular flexibility index (Phi) is 2.43. The van der Waals surface area contributed by atoms with E-state index >= 15 is 0 Å². The fourth-order valence-electron chi connectivity index (χ4n) is 0.549. The minimum atomic E-state index is -2.30. The molecule has 0 fully saturated rings. The summed E-state index contributed by atoms with van der Waals surface area (Å²) < 4.78 is 20.8. The van der Waals surface area contributed by atoms with Gasteiger partial charge in [0.1, 0.15) is 4.58 Å². The second-order valence-corrected chi connectivity index (χ2v) is 5.02. The van der Waals surface area contributed by atoms with Crippen LogP contribution in [0.15, 0.2) is 10.4 Å². The number of thioether (sulfide) groups is 1. The van der Waals surface area contributed by atoms with Gasteiger partial charge in [0, 0.05) is 0 Å². The van der Waals surface area contributed by atoms with Crippen LogP contribution in [0.2, 0.25) is 0 Å². The minimum Gasteiger partial charge on any atom is -0.231 e. The van der Waals surface area contributed by atoms with E-state index in [9.17, 15) is 8.42 Å². The Morgan fingerprint density at radius 1 is 1.78 bits per heavy atom. The van der Waals surface area contributed by atoms with Crippen molar-refractivity contribution in [2.24, 2.45) is 0 Å². The van der Waals surface area contributed by atoms with Gasteiger partial charge in [0.25, 0.3) is 0 Å². The molecule has 0 aromatic carbocycles. The first-order chi connectivity index (χ1) is 4.20. The molecular formula is C4H5ClO2S2. The van der Waals surface area contributed by atoms with Crippen molar-refractivity contribution in [1.29, 1.82) is 0 Å². The van der Waals surface area contributed by atoms with Crippen LogP contribution in [0.1, 0.15) is 6.42 Å². The molecular weight excluding hydrogens is 180 g/mol. The quantitative estimate of drug-likeness (QED) is 0.621. The van der Waals surface area contributed by atoms with Crippen LogP contribution in [0.25, 0.3) is 0 Å². The minimum absolute atomic E-state index is 0.313. The van der Waals surface area contributed by atoms with Gasteiger partial charge in [-0.3, -0.25) is 0 Å². The number of hydrogen-bond acceptors (Lipinski definition) is 3. The second kappa shape index (κ2) is 2.94. The third kappa shape index (κ3) is 1.88. The molecule has 1 rings (SSSR count). The van der Waals surface area contributed by atoms with Crippen molar-refractivity contribution < 1.29 is 8.42 Å². The Hall–Kier alpha value is 0.330. The molecule has 0 aliphatic carbocycles. The van der Waals surface area contributed by atoms with Gasteiger partial charge in [-0.2, -0.15) is 0 Å². The van der Waals surface area contributed by atoms with Crippen LogP contribution in [0.5, 0.6) is 0 Å². The molecule has 1 aliphatic heterocycles. The van der Waals surface area contributed by atoms with Gasteiger partial charge in [-0.15, -0.1) is 0 Å². The zero-order valence-electron chi connectivity index (χ0n) is 4.41. The highest BCUT2D eigenvalue weighted by Crippen LogP contribution is 2.34. The fraction of sp³-hybridized carbons (Fsp3) is 0.500. The highest BCUT2D eigenvalue weighted by atomic mass is 35.5. The van der Waals surface area contributed by atoms with Crippen molar-refractivity contribution in [2.75, 3.05) is 0 Å². The molecule has 5 heteroatoms. The van der Waals surface area contributed by atoms with E-state index in [-0.39, 0.29) is 4.58 Å². The molecule has 1 heterocycles. The molecule has 1 aliphatic rings. The first-order valence-corrected chi connectivity index (χ1v) is 4.86. The third-order valence-corrected chi connectivity index (χ3v) is 3.76. The highest BCUT2D eigenvalue weighted by Gasteiger charge is 2.18. The summed E-state index contributed by atoms with van der Waals surface area (Å²) in [6.07, 6.45) is 2.28. The molecule has 0 aromatic rings. The number of thiol groups is 1. The smallest absolute Gasteiger partial charge is 0.153 e. The average molecular weight is 185 g/mol. The third-order valence-electron chi connectivity index (χ3n) is 0.964. The van der Waals surface area contributed by atoms with Gasteiger partial charge < -0.3 is 0 Å². The van der Waals surface area contributed by atoms with Crippen LogP contribution in [0.4, 0.5) is 0 Å². The van der Waals surface area contributed by atoms with Crippen LogP contribution >= 0.6 is 23.4 Å². The monoisotopic (exact) mass is 184 g/mol. The summed E-state index contributed by atoms with van der Waals surface area (Å²) in [4.78, 5) is 0. The molecule has 1 unspecified atom stereocenters. The molecule has 0 bridgehead atoms. The van der Waals surface area contributed by atoms with Gasteiger partial charge >= 0.3 is 0 Å². The topological polar surface area (TPSA) is 34.1 Å². The molecule has 0 radical (unpaired) electrons. The van der Waals surface area contributed by atoms with Gasteiger partial charge in [0.15, 0.2) is 10.7 Å². The van der Waals surface area contributed by atoms with E-state index in [1.807, 2.05) is 0 Å². The van der Waals surface area contributed by atoms with E-state index in [0.29, 0.717) is 10.8 Å². The molecule has 0 amide bonds. The summed E-state index contributed by atoms with van der Waals surface area (Å²) in [5.41, 5.74) is 0. The lowest BCUT2D eigenvalue weighted by Gasteiger charge is -1.94. The van der Waals surface area contributed by atoms with E-state index in [1.54, 1.807) is 6.08 Å². The fourth-order valence-corrected chi connectivity index (χ4v) is 2.75. The Labute approximate surface area is 64.2 Å². The Bertz CT molecular complexity index is 201. The van der Waals surface area contributed by atoms with Crippen molar-refractivity contribution in [3.63, 3.8) is 0 Å². The maximum atomic E-state index is 10.3. The van der Waals surface area contributed by atoms with Crippen molar-refractivity contribution in [3.8, 4) is 0 Å². The number of hydrogen-bond donors (Lipinski definition) is 1. The lowest BCUT2D eigenvalue weighted by Crippen LogP contribution is -1.97. The average Bonchev–Trinajstić information content (AvgIpc) is 2.14. The molecule has 9 heavy (non-hydrogen) atoms. The largest absolute Gasteiger partial charge is 0.231 e. The van der Waals surface area contributed by atoms with Gasteiger partial charge in [0.05, 0.1) is 4.36 Å². The summed E-state index contributed by atoms with van der Waals surface area (Å²) in [6, 6.07) is 0. The van der Waals surface area contributed by atoms with Gasteiger partial charge in [0.2, 0.25) is 0 Å². The van der Waals surface area contributed by atoms with E-state index in [4.69, 9.17) is 11.6 Å². The van der Waals surface area contributed by atoms with Crippen LogP contribution < -0.4 is 0 Å². The predicted octanol–water partition coefficient (Wildman–Crippen LogP) is 1.14. The maximum absolute atomic E-state index is 10.3. The van der Waals surface area contributed by atoms with Crippen molar-refractivity contribution in [1.82, 2.24) is 0 Å². The van der Waals surface area contributed by atoms with E-state index in [0.717, 1.165) is 0 Å². The first-order valence-electron chi connectivity index (χ1n) is 2.36. The Balaban J connectivity index is 2.56. The van der Waals surface area contributed by atoms with Gasteiger partial charge in [-0.25, -0.2) is 8.42 Å². The summed E-state index contributed by atoms with van der Waals surface area (Å²) in [7, 11) is -2.30. The van der Waals surface area contributed by atoms with Gasteiger partial charge in [-0.1, -0.05) is 29.4 Å². The van der Waals surface area contributed by atoms with Gasteiger partial charge in [-0.05, 0) is 6.42 Å². The molecule has 52 valence electrons. The van der Waals surface area contributed by atoms with Crippen molar-refractivity contribution in [2.45, 2.75) is 11.0 Å². The van der Waals surface area contributed by atoms with E-state index in [2.05, 4.69) is 0 Å². The van der Waals surface area contributed by atoms with Crippen molar-refractivity contribution >= 4 is 34.1 Å². The molecule has 0 saturated carbocycles. The molecule has 0 saturated heterocycles. The summed E-state index contributed by atoms with van der Waals surface area (Å²) >= 11 is 6.71.